The van der Waals surface area contributed by atoms with E-state index >= 15 is 0 Å². The molecule has 0 bridgehead atoms. The number of carbonyl (C=O) groups is 1. The van der Waals surface area contributed by atoms with Gasteiger partial charge in [0.25, 0.3) is 0 Å². The number of amides is 2. The molecule has 112 valence electrons. The van der Waals surface area contributed by atoms with E-state index in [1.165, 1.54) is 6.42 Å². The van der Waals surface area contributed by atoms with Crippen LogP contribution in [0.15, 0.2) is 23.0 Å². The Morgan fingerprint density at radius 1 is 1.24 bits per heavy atom. The van der Waals surface area contributed by atoms with Crippen LogP contribution in [-0.2, 0) is 26.1 Å². The van der Waals surface area contributed by atoms with Crippen molar-refractivity contribution in [2.75, 3.05) is 0 Å². The van der Waals surface area contributed by atoms with Crippen LogP contribution in [0.25, 0.3) is 0 Å². The highest BCUT2D eigenvalue weighted by atomic mass is 16.3. The largest absolute Gasteiger partial charge is 0.472 e. The van der Waals surface area contributed by atoms with E-state index in [0.717, 1.165) is 43.0 Å². The van der Waals surface area contributed by atoms with Crippen molar-refractivity contribution in [3.05, 3.63) is 35.8 Å². The van der Waals surface area contributed by atoms with Crippen LogP contribution in [0.5, 0.6) is 0 Å². The maximum absolute atomic E-state index is 11.8. The molecule has 0 aromatic carbocycles. The normalized spacial score (nSPS) is 14.3. The molecule has 0 aliphatic carbocycles. The Balaban J connectivity index is 1.50. The summed E-state index contributed by atoms with van der Waals surface area (Å²) in [5.74, 6) is 1.86. The molecule has 0 fully saturated rings. The molecule has 7 heteroatoms. The van der Waals surface area contributed by atoms with Gasteiger partial charge in [-0.3, -0.25) is 0 Å². The fraction of sp³-hybridized carbons (Fsp3) is 0.500. The average Bonchev–Trinajstić information content (AvgIpc) is 3.08. The Morgan fingerprint density at radius 3 is 3.00 bits per heavy atom. The number of furan rings is 1. The summed E-state index contributed by atoms with van der Waals surface area (Å²) in [6.07, 6.45) is 7.70. The summed E-state index contributed by atoms with van der Waals surface area (Å²) in [6.45, 7) is 1.78. The summed E-state index contributed by atoms with van der Waals surface area (Å²) < 4.78 is 7.07. The zero-order valence-corrected chi connectivity index (χ0v) is 11.8. The highest BCUT2D eigenvalue weighted by Gasteiger charge is 2.14. The van der Waals surface area contributed by atoms with E-state index in [1.807, 2.05) is 6.07 Å². The van der Waals surface area contributed by atoms with Gasteiger partial charge in [-0.1, -0.05) is 6.42 Å². The molecule has 3 rings (SSSR count). The van der Waals surface area contributed by atoms with Gasteiger partial charge in [0.1, 0.15) is 5.82 Å². The van der Waals surface area contributed by atoms with Gasteiger partial charge in [-0.2, -0.15) is 0 Å². The second-order valence-corrected chi connectivity index (χ2v) is 5.16. The molecule has 21 heavy (non-hydrogen) atoms. The SMILES string of the molecule is O=C(NCc1ccoc1)NCc1nnc2n1CCCCC2. The molecule has 1 aliphatic rings. The molecule has 0 unspecified atom stereocenters. The van der Waals surface area contributed by atoms with E-state index in [4.69, 9.17) is 4.42 Å². The van der Waals surface area contributed by atoms with Crippen molar-refractivity contribution in [2.24, 2.45) is 0 Å². The van der Waals surface area contributed by atoms with Crippen LogP contribution in [0.3, 0.4) is 0 Å². The van der Waals surface area contributed by atoms with Crippen LogP contribution >= 0.6 is 0 Å². The Kier molecular flexibility index (Phi) is 4.18. The first kappa shape index (κ1) is 13.7. The number of rotatable bonds is 4. The first-order chi connectivity index (χ1) is 10.3. The minimum absolute atomic E-state index is 0.220. The second-order valence-electron chi connectivity index (χ2n) is 5.16. The van der Waals surface area contributed by atoms with Gasteiger partial charge in [0.05, 0.1) is 19.1 Å². The second kappa shape index (κ2) is 6.43. The standard InChI is InChI=1S/C14H19N5O2/c20-14(15-8-11-5-7-21-10-11)16-9-13-18-17-12-4-2-1-3-6-19(12)13/h5,7,10H,1-4,6,8-9H2,(H2,15,16,20). The van der Waals surface area contributed by atoms with Crippen LogP contribution in [0.1, 0.15) is 36.5 Å². The van der Waals surface area contributed by atoms with Gasteiger partial charge in [0.15, 0.2) is 5.82 Å². The Labute approximate surface area is 122 Å². The third-order valence-electron chi connectivity index (χ3n) is 3.63. The summed E-state index contributed by atoms with van der Waals surface area (Å²) in [5.41, 5.74) is 0.932. The average molecular weight is 289 g/mol. The highest BCUT2D eigenvalue weighted by molar-refractivity contribution is 5.73. The number of aryl methyl sites for hydroxylation is 1. The lowest BCUT2D eigenvalue weighted by Crippen LogP contribution is -2.35. The summed E-state index contributed by atoms with van der Waals surface area (Å²) in [7, 11) is 0. The number of urea groups is 1. The molecule has 2 aromatic heterocycles. The van der Waals surface area contributed by atoms with Crippen molar-refractivity contribution in [2.45, 2.75) is 45.3 Å². The van der Waals surface area contributed by atoms with Crippen molar-refractivity contribution in [3.63, 3.8) is 0 Å². The fourth-order valence-corrected chi connectivity index (χ4v) is 2.47. The van der Waals surface area contributed by atoms with Crippen LogP contribution in [-0.4, -0.2) is 20.8 Å². The minimum atomic E-state index is -0.220. The maximum atomic E-state index is 11.8. The molecule has 0 spiro atoms. The molecular formula is C14H19N5O2. The first-order valence-corrected chi connectivity index (χ1v) is 7.26. The third-order valence-corrected chi connectivity index (χ3v) is 3.63. The molecule has 2 aromatic rings. The van der Waals surface area contributed by atoms with Crippen molar-refractivity contribution in [1.29, 1.82) is 0 Å². The molecule has 0 saturated heterocycles. The Morgan fingerprint density at radius 2 is 2.14 bits per heavy atom. The zero-order valence-electron chi connectivity index (χ0n) is 11.8. The van der Waals surface area contributed by atoms with Gasteiger partial charge >= 0.3 is 6.03 Å². The number of aromatic nitrogens is 3. The Hall–Kier alpha value is -2.31. The number of nitrogens with one attached hydrogen (secondary N) is 2. The van der Waals surface area contributed by atoms with E-state index in [9.17, 15) is 4.79 Å². The smallest absolute Gasteiger partial charge is 0.315 e. The predicted molar refractivity (Wildman–Crippen MR) is 75.4 cm³/mol. The van der Waals surface area contributed by atoms with Crippen molar-refractivity contribution in [1.82, 2.24) is 25.4 Å². The van der Waals surface area contributed by atoms with Gasteiger partial charge in [0, 0.05) is 25.1 Å². The van der Waals surface area contributed by atoms with E-state index in [-0.39, 0.29) is 6.03 Å². The minimum Gasteiger partial charge on any atom is -0.472 e. The number of nitrogens with zero attached hydrogens (tertiary/aromatic N) is 3. The summed E-state index contributed by atoms with van der Waals surface area (Å²) in [6, 6.07) is 1.60. The Bertz CT molecular complexity index is 591. The molecule has 3 heterocycles. The van der Waals surface area contributed by atoms with Crippen molar-refractivity contribution < 1.29 is 9.21 Å². The van der Waals surface area contributed by atoms with Gasteiger partial charge in [0.2, 0.25) is 0 Å². The van der Waals surface area contributed by atoms with E-state index in [0.29, 0.717) is 13.1 Å². The summed E-state index contributed by atoms with van der Waals surface area (Å²) >= 11 is 0. The first-order valence-electron chi connectivity index (χ1n) is 7.26. The monoisotopic (exact) mass is 289 g/mol. The summed E-state index contributed by atoms with van der Waals surface area (Å²) in [5, 5.41) is 14.0. The third kappa shape index (κ3) is 3.42. The van der Waals surface area contributed by atoms with Gasteiger partial charge < -0.3 is 19.6 Å². The molecule has 1 aliphatic heterocycles. The summed E-state index contributed by atoms with van der Waals surface area (Å²) in [4.78, 5) is 11.8. The lowest BCUT2D eigenvalue weighted by Gasteiger charge is -2.09. The number of hydrogen-bond acceptors (Lipinski definition) is 4. The quantitative estimate of drug-likeness (QED) is 0.895. The van der Waals surface area contributed by atoms with Gasteiger partial charge in [-0.25, -0.2) is 4.79 Å². The lowest BCUT2D eigenvalue weighted by atomic mass is 10.2. The van der Waals surface area contributed by atoms with E-state index in [2.05, 4.69) is 25.4 Å². The number of fused-ring (bicyclic) bond motifs is 1. The van der Waals surface area contributed by atoms with Crippen LogP contribution in [0.4, 0.5) is 4.79 Å². The van der Waals surface area contributed by atoms with Crippen molar-refractivity contribution in [3.8, 4) is 0 Å². The lowest BCUT2D eigenvalue weighted by molar-refractivity contribution is 0.239. The van der Waals surface area contributed by atoms with Crippen LogP contribution in [0.2, 0.25) is 0 Å². The van der Waals surface area contributed by atoms with Crippen molar-refractivity contribution >= 4 is 6.03 Å². The molecule has 0 saturated carbocycles. The van der Waals surface area contributed by atoms with E-state index < -0.39 is 0 Å². The molecule has 7 nitrogen and oxygen atoms in total. The fourth-order valence-electron chi connectivity index (χ4n) is 2.47. The van der Waals surface area contributed by atoms with Gasteiger partial charge in [-0.15, -0.1) is 10.2 Å². The van der Waals surface area contributed by atoms with Gasteiger partial charge in [-0.05, 0) is 18.9 Å². The number of carbonyl (C=O) groups excluding carboxylic acids is 1. The molecule has 0 atom stereocenters. The molecule has 2 amide bonds. The molecule has 2 N–H and O–H groups in total. The van der Waals surface area contributed by atoms with E-state index in [1.54, 1.807) is 12.5 Å². The zero-order chi connectivity index (χ0) is 14.5. The number of hydrogen-bond donors (Lipinski definition) is 2. The van der Waals surface area contributed by atoms with Crippen LogP contribution < -0.4 is 10.6 Å². The molecular weight excluding hydrogens is 270 g/mol. The molecule has 0 radical (unpaired) electrons. The predicted octanol–water partition coefficient (Wildman–Crippen LogP) is 1.60. The maximum Gasteiger partial charge on any atom is 0.315 e. The van der Waals surface area contributed by atoms with Crippen LogP contribution in [0, 0.1) is 0 Å². The topological polar surface area (TPSA) is 85.0 Å². The highest BCUT2D eigenvalue weighted by Crippen LogP contribution is 2.14.